The summed E-state index contributed by atoms with van der Waals surface area (Å²) in [6.07, 6.45) is 6.73. The van der Waals surface area contributed by atoms with Gasteiger partial charge in [0.2, 0.25) is 0 Å². The van der Waals surface area contributed by atoms with Gasteiger partial charge in [-0.15, -0.1) is 0 Å². The van der Waals surface area contributed by atoms with Crippen molar-refractivity contribution in [3.05, 3.63) is 35.3 Å². The lowest BCUT2D eigenvalue weighted by Gasteiger charge is -2.41. The Kier molecular flexibility index (Phi) is 6.29. The molecule has 1 saturated heterocycles. The van der Waals surface area contributed by atoms with Crippen LogP contribution in [-0.4, -0.2) is 33.1 Å². The molecular formula is C24H38O5Si. The molecule has 1 aliphatic carbocycles. The van der Waals surface area contributed by atoms with Crippen LogP contribution in [0.1, 0.15) is 71.0 Å². The largest absolute Gasteiger partial charge is 0.468 e. The molecule has 1 fully saturated rings. The van der Waals surface area contributed by atoms with Crippen molar-refractivity contribution in [2.24, 2.45) is 5.41 Å². The minimum Gasteiger partial charge on any atom is -0.468 e. The van der Waals surface area contributed by atoms with E-state index in [1.54, 1.807) is 12.3 Å². The Morgan fingerprint density at radius 1 is 1.13 bits per heavy atom. The summed E-state index contributed by atoms with van der Waals surface area (Å²) in [4.78, 5) is 12.3. The number of carbonyl (C=O) groups excluding carboxylic acids is 1. The number of ether oxygens (including phenoxy) is 2. The van der Waals surface area contributed by atoms with Crippen LogP contribution in [0.15, 0.2) is 22.8 Å². The lowest BCUT2D eigenvalue weighted by molar-refractivity contribution is -0.289. The Balaban J connectivity index is 1.89. The summed E-state index contributed by atoms with van der Waals surface area (Å²) in [6, 6.07) is 0. The molecule has 1 aliphatic heterocycles. The molecule has 3 rings (SSSR count). The lowest BCUT2D eigenvalue weighted by Crippen LogP contribution is -2.47. The second-order valence-electron chi connectivity index (χ2n) is 11.3. The first-order valence-corrected chi connectivity index (χ1v) is 13.9. The number of hydrogen-bond donors (Lipinski definition) is 0. The number of hydrogen-bond acceptors (Lipinski definition) is 5. The van der Waals surface area contributed by atoms with Crippen LogP contribution < -0.4 is 0 Å². The Hall–Kier alpha value is -1.21. The van der Waals surface area contributed by atoms with Crippen molar-refractivity contribution >= 4 is 14.1 Å². The predicted octanol–water partition coefficient (Wildman–Crippen LogP) is 5.75. The van der Waals surface area contributed by atoms with Gasteiger partial charge in [-0.3, -0.25) is 4.79 Å². The predicted molar refractivity (Wildman–Crippen MR) is 120 cm³/mol. The van der Waals surface area contributed by atoms with Crippen molar-refractivity contribution in [2.75, 3.05) is 13.2 Å². The second-order valence-corrected chi connectivity index (χ2v) is 16.0. The van der Waals surface area contributed by atoms with Crippen LogP contribution >= 0.6 is 0 Å². The maximum atomic E-state index is 12.3. The number of ketones is 1. The van der Waals surface area contributed by atoms with Gasteiger partial charge >= 0.3 is 0 Å². The van der Waals surface area contributed by atoms with Crippen LogP contribution in [0.5, 0.6) is 0 Å². The molecule has 0 spiro atoms. The van der Waals surface area contributed by atoms with Crippen LogP contribution in [0.3, 0.4) is 0 Å². The molecule has 0 amide bonds. The first-order chi connectivity index (χ1) is 13.7. The van der Waals surface area contributed by atoms with Crippen molar-refractivity contribution in [2.45, 2.75) is 90.8 Å². The third-order valence-corrected chi connectivity index (χ3v) is 11.1. The molecule has 0 radical (unpaired) electrons. The van der Waals surface area contributed by atoms with Crippen LogP contribution in [-0.2, 0) is 31.5 Å². The molecule has 30 heavy (non-hydrogen) atoms. The number of allylic oxidation sites excluding steroid dienone is 1. The Morgan fingerprint density at radius 2 is 1.77 bits per heavy atom. The zero-order chi connectivity index (χ0) is 22.4. The number of furan rings is 1. The van der Waals surface area contributed by atoms with E-state index >= 15 is 0 Å². The van der Waals surface area contributed by atoms with E-state index < -0.39 is 14.1 Å². The number of carbonyl (C=O) groups is 1. The fraction of sp³-hybridized carbons (Fsp3) is 0.708. The normalized spacial score (nSPS) is 25.3. The maximum Gasteiger partial charge on any atom is 0.193 e. The monoisotopic (exact) mass is 434 g/mol. The zero-order valence-corrected chi connectivity index (χ0v) is 20.9. The van der Waals surface area contributed by atoms with E-state index in [0.29, 0.717) is 32.5 Å². The summed E-state index contributed by atoms with van der Waals surface area (Å²) in [5.41, 5.74) is 2.10. The van der Waals surface area contributed by atoms with Crippen LogP contribution in [0, 0.1) is 5.41 Å². The molecule has 168 valence electrons. The maximum absolute atomic E-state index is 12.3. The summed E-state index contributed by atoms with van der Waals surface area (Å²) in [6.45, 7) is 18.6. The van der Waals surface area contributed by atoms with Gasteiger partial charge in [-0.05, 0) is 43.6 Å². The lowest BCUT2D eigenvalue weighted by atomic mass is 9.92. The average Bonchev–Trinajstić information content (AvgIpc) is 2.99. The zero-order valence-electron chi connectivity index (χ0n) is 19.9. The molecule has 0 bridgehead atoms. The SMILES string of the molecule is CC1(C)COC(C)(Cc2occ3c2CCC(=O)/C=C\[C@@H]3O[Si](C)(C)C(C)(C)C)OC1. The summed E-state index contributed by atoms with van der Waals surface area (Å²) >= 11 is 0. The van der Waals surface area contributed by atoms with E-state index in [9.17, 15) is 4.79 Å². The van der Waals surface area contributed by atoms with Gasteiger partial charge in [-0.25, -0.2) is 0 Å². The second kappa shape index (κ2) is 8.04. The molecule has 0 N–H and O–H groups in total. The van der Waals surface area contributed by atoms with Crippen molar-refractivity contribution in [3.63, 3.8) is 0 Å². The van der Waals surface area contributed by atoms with Crippen molar-refractivity contribution in [1.82, 2.24) is 0 Å². The Labute approximate surface area is 182 Å². The topological polar surface area (TPSA) is 57.9 Å². The molecule has 0 unspecified atom stereocenters. The van der Waals surface area contributed by atoms with Gasteiger partial charge in [0.05, 0.1) is 32.0 Å². The fourth-order valence-electron chi connectivity index (χ4n) is 3.51. The minimum atomic E-state index is -2.04. The summed E-state index contributed by atoms with van der Waals surface area (Å²) < 4.78 is 24.9. The fourth-order valence-corrected chi connectivity index (χ4v) is 4.70. The van der Waals surface area contributed by atoms with Crippen molar-refractivity contribution in [3.8, 4) is 0 Å². The van der Waals surface area contributed by atoms with Crippen molar-refractivity contribution in [1.29, 1.82) is 0 Å². The van der Waals surface area contributed by atoms with Gasteiger partial charge in [0.25, 0.3) is 0 Å². The van der Waals surface area contributed by atoms with E-state index in [1.807, 2.05) is 13.0 Å². The molecule has 2 aliphatic rings. The number of fused-ring (bicyclic) bond motifs is 1. The van der Waals surface area contributed by atoms with E-state index in [-0.39, 0.29) is 22.3 Å². The minimum absolute atomic E-state index is 0.0107. The highest BCUT2D eigenvalue weighted by Crippen LogP contribution is 2.42. The van der Waals surface area contributed by atoms with Gasteiger partial charge in [0, 0.05) is 23.0 Å². The van der Waals surface area contributed by atoms with Crippen LogP contribution in [0.25, 0.3) is 0 Å². The molecular weight excluding hydrogens is 396 g/mol. The molecule has 1 aromatic heterocycles. The standard InChI is InChI=1S/C24H38O5Si/c1-22(2,3)30(7,8)29-20-12-10-17(25)9-11-18-19(20)14-26-21(18)13-24(6)27-15-23(4,5)16-28-24/h10,12,14,20H,9,11,13,15-16H2,1-8H3/b12-10-/t20-/m0/s1. The summed E-state index contributed by atoms with van der Waals surface area (Å²) in [5.74, 6) is 0.230. The Morgan fingerprint density at radius 3 is 2.37 bits per heavy atom. The van der Waals surface area contributed by atoms with Gasteiger partial charge in [0.15, 0.2) is 19.9 Å². The van der Waals surface area contributed by atoms with Crippen LogP contribution in [0.4, 0.5) is 0 Å². The molecule has 1 atom stereocenters. The van der Waals surface area contributed by atoms with Crippen molar-refractivity contribution < 1.29 is 23.1 Å². The van der Waals surface area contributed by atoms with Gasteiger partial charge in [-0.1, -0.05) is 34.6 Å². The van der Waals surface area contributed by atoms with E-state index in [2.05, 4.69) is 47.7 Å². The molecule has 0 aromatic carbocycles. The number of rotatable bonds is 4. The quantitative estimate of drug-likeness (QED) is 0.565. The van der Waals surface area contributed by atoms with Gasteiger partial charge < -0.3 is 18.3 Å². The summed E-state index contributed by atoms with van der Waals surface area (Å²) in [5, 5.41) is 0.0734. The van der Waals surface area contributed by atoms with Gasteiger partial charge in [-0.2, -0.15) is 0 Å². The molecule has 1 aromatic rings. The smallest absolute Gasteiger partial charge is 0.193 e. The molecule has 0 saturated carbocycles. The van der Waals surface area contributed by atoms with E-state index in [0.717, 1.165) is 16.9 Å². The third-order valence-electron chi connectivity index (χ3n) is 6.64. The van der Waals surface area contributed by atoms with E-state index in [4.69, 9.17) is 18.3 Å². The average molecular weight is 435 g/mol. The molecule has 6 heteroatoms. The molecule has 5 nitrogen and oxygen atoms in total. The first-order valence-electron chi connectivity index (χ1n) is 11.0. The first kappa shape index (κ1) is 23.5. The Bertz CT molecular complexity index is 802. The third kappa shape index (κ3) is 5.15. The molecule has 2 heterocycles. The highest BCUT2D eigenvalue weighted by atomic mass is 28.4. The highest BCUT2D eigenvalue weighted by molar-refractivity contribution is 6.74. The van der Waals surface area contributed by atoms with Gasteiger partial charge in [0.1, 0.15) is 5.76 Å². The highest BCUT2D eigenvalue weighted by Gasteiger charge is 2.41. The summed E-state index contributed by atoms with van der Waals surface area (Å²) in [7, 11) is -2.04. The van der Waals surface area contributed by atoms with Crippen LogP contribution in [0.2, 0.25) is 18.1 Å². The van der Waals surface area contributed by atoms with E-state index in [1.165, 1.54) is 0 Å².